The molecule has 0 radical (unpaired) electrons. The van der Waals surface area contributed by atoms with Crippen molar-refractivity contribution < 1.29 is 14.9 Å². The molecular formula is C17H20O3. The first-order chi connectivity index (χ1) is 9.52. The van der Waals surface area contributed by atoms with Gasteiger partial charge in [-0.3, -0.25) is 0 Å². The van der Waals surface area contributed by atoms with Crippen molar-refractivity contribution in [3.63, 3.8) is 0 Å². The average Bonchev–Trinajstić information content (AvgIpc) is 2.44. The lowest BCUT2D eigenvalue weighted by Gasteiger charge is -2.22. The Morgan fingerprint density at radius 1 is 0.950 bits per heavy atom. The molecule has 106 valence electrons. The highest BCUT2D eigenvalue weighted by atomic mass is 17.1. The number of para-hydroxylation sites is 2. The van der Waals surface area contributed by atoms with Gasteiger partial charge in [0.15, 0.2) is 5.75 Å². The van der Waals surface area contributed by atoms with Crippen LogP contribution in [-0.4, -0.2) is 5.26 Å². The number of hydrogen-bond acceptors (Lipinski definition) is 3. The summed E-state index contributed by atoms with van der Waals surface area (Å²) in [7, 11) is 0. The highest BCUT2D eigenvalue weighted by Crippen LogP contribution is 2.34. The number of ether oxygens (including phenoxy) is 1. The minimum atomic E-state index is -0.110. The summed E-state index contributed by atoms with van der Waals surface area (Å²) in [5, 5.41) is 9.20. The maximum Gasteiger partial charge on any atom is 0.175 e. The van der Waals surface area contributed by atoms with Crippen molar-refractivity contribution in [2.45, 2.75) is 32.8 Å². The number of rotatable bonds is 4. The zero-order valence-corrected chi connectivity index (χ0v) is 12.1. The van der Waals surface area contributed by atoms with Crippen molar-refractivity contribution in [1.29, 1.82) is 0 Å². The summed E-state index contributed by atoms with van der Waals surface area (Å²) < 4.78 is 5.71. The van der Waals surface area contributed by atoms with Crippen molar-refractivity contribution in [3.05, 3.63) is 59.7 Å². The van der Waals surface area contributed by atoms with Gasteiger partial charge in [0, 0.05) is 11.1 Å². The molecule has 0 bridgehead atoms. The molecule has 2 aromatic rings. The molecule has 2 aromatic carbocycles. The second-order valence-electron chi connectivity index (χ2n) is 5.74. The Balaban J connectivity index is 2.24. The predicted molar refractivity (Wildman–Crippen MR) is 79.2 cm³/mol. The molecule has 0 saturated carbocycles. The smallest absolute Gasteiger partial charge is 0.175 e. The van der Waals surface area contributed by atoms with Crippen LogP contribution in [0, 0.1) is 0 Å². The van der Waals surface area contributed by atoms with E-state index in [0.29, 0.717) is 12.4 Å². The quantitative estimate of drug-likeness (QED) is 0.661. The van der Waals surface area contributed by atoms with Crippen molar-refractivity contribution in [3.8, 4) is 11.5 Å². The molecule has 3 nitrogen and oxygen atoms in total. The summed E-state index contributed by atoms with van der Waals surface area (Å²) in [6.45, 7) is 6.58. The van der Waals surface area contributed by atoms with E-state index in [4.69, 9.17) is 4.74 Å². The largest absolute Gasteiger partial charge is 0.489 e. The minimum Gasteiger partial charge on any atom is -0.489 e. The zero-order chi connectivity index (χ0) is 14.6. The van der Waals surface area contributed by atoms with Gasteiger partial charge in [-0.2, -0.15) is 0 Å². The molecule has 0 aromatic heterocycles. The van der Waals surface area contributed by atoms with Gasteiger partial charge in [0.05, 0.1) is 0 Å². The van der Waals surface area contributed by atoms with Gasteiger partial charge < -0.3 is 9.62 Å². The number of hydrogen-bond donors (Lipinski definition) is 1. The van der Waals surface area contributed by atoms with Crippen molar-refractivity contribution >= 4 is 0 Å². The van der Waals surface area contributed by atoms with E-state index in [0.717, 1.165) is 16.9 Å². The molecule has 0 atom stereocenters. The molecule has 20 heavy (non-hydrogen) atoms. The van der Waals surface area contributed by atoms with Crippen LogP contribution in [0.1, 0.15) is 31.9 Å². The van der Waals surface area contributed by atoms with Gasteiger partial charge in [-0.05, 0) is 17.5 Å². The van der Waals surface area contributed by atoms with E-state index in [1.165, 1.54) is 0 Å². The number of benzene rings is 2. The third-order valence-corrected chi connectivity index (χ3v) is 3.13. The molecule has 0 amide bonds. The predicted octanol–water partition coefficient (Wildman–Crippen LogP) is 4.41. The first-order valence-corrected chi connectivity index (χ1v) is 6.64. The van der Waals surface area contributed by atoms with Crippen LogP contribution in [0.15, 0.2) is 48.5 Å². The van der Waals surface area contributed by atoms with E-state index >= 15 is 0 Å². The van der Waals surface area contributed by atoms with Gasteiger partial charge in [-0.1, -0.05) is 57.2 Å². The van der Waals surface area contributed by atoms with Crippen molar-refractivity contribution in [2.75, 3.05) is 0 Å². The molecule has 2 rings (SSSR count). The fourth-order valence-electron chi connectivity index (χ4n) is 2.07. The molecule has 0 spiro atoms. The lowest BCUT2D eigenvalue weighted by Crippen LogP contribution is -2.14. The second kappa shape index (κ2) is 5.97. The van der Waals surface area contributed by atoms with Crippen molar-refractivity contribution in [2.24, 2.45) is 0 Å². The normalized spacial score (nSPS) is 11.2. The summed E-state index contributed by atoms with van der Waals surface area (Å²) in [4.78, 5) is 4.61. The molecule has 3 heteroatoms. The highest BCUT2D eigenvalue weighted by molar-refractivity contribution is 5.44. The fourth-order valence-corrected chi connectivity index (χ4v) is 2.07. The maximum atomic E-state index is 9.20. The van der Waals surface area contributed by atoms with E-state index in [1.54, 1.807) is 0 Å². The summed E-state index contributed by atoms with van der Waals surface area (Å²) in [6.07, 6.45) is 0. The standard InChI is InChI=1S/C17H20O3/c1-17(2,3)15-11-7-8-13(16(15)20-18)12-19-14-9-5-4-6-10-14/h4-11,18H,12H2,1-3H3. The van der Waals surface area contributed by atoms with Crippen LogP contribution in [0.5, 0.6) is 11.5 Å². The van der Waals surface area contributed by atoms with E-state index in [9.17, 15) is 5.26 Å². The second-order valence-corrected chi connectivity index (χ2v) is 5.74. The van der Waals surface area contributed by atoms with Gasteiger partial charge in [0.25, 0.3) is 0 Å². The van der Waals surface area contributed by atoms with E-state index in [-0.39, 0.29) is 5.41 Å². The average molecular weight is 272 g/mol. The fraction of sp³-hybridized carbons (Fsp3) is 0.294. The Morgan fingerprint density at radius 2 is 1.65 bits per heavy atom. The van der Waals surface area contributed by atoms with Crippen LogP contribution in [0.3, 0.4) is 0 Å². The van der Waals surface area contributed by atoms with Crippen LogP contribution >= 0.6 is 0 Å². The Morgan fingerprint density at radius 3 is 2.25 bits per heavy atom. The van der Waals surface area contributed by atoms with Gasteiger partial charge in [0.1, 0.15) is 12.4 Å². The SMILES string of the molecule is CC(C)(C)c1cccc(COc2ccccc2)c1OO. The van der Waals surface area contributed by atoms with E-state index in [2.05, 4.69) is 25.7 Å². The highest BCUT2D eigenvalue weighted by Gasteiger charge is 2.21. The minimum absolute atomic E-state index is 0.110. The summed E-state index contributed by atoms with van der Waals surface area (Å²) >= 11 is 0. The van der Waals surface area contributed by atoms with Gasteiger partial charge in [0.2, 0.25) is 0 Å². The summed E-state index contributed by atoms with van der Waals surface area (Å²) in [5.41, 5.74) is 1.67. The van der Waals surface area contributed by atoms with Crippen LogP contribution in [0.4, 0.5) is 0 Å². The van der Waals surface area contributed by atoms with Gasteiger partial charge >= 0.3 is 0 Å². The molecular weight excluding hydrogens is 252 g/mol. The van der Waals surface area contributed by atoms with Gasteiger partial charge in [-0.25, -0.2) is 5.26 Å². The molecule has 1 N–H and O–H groups in total. The Kier molecular flexibility index (Phi) is 4.30. The van der Waals surface area contributed by atoms with Gasteiger partial charge in [-0.15, -0.1) is 0 Å². The molecule has 0 fully saturated rings. The molecule has 0 saturated heterocycles. The third-order valence-electron chi connectivity index (χ3n) is 3.13. The summed E-state index contributed by atoms with van der Waals surface area (Å²) in [6, 6.07) is 15.4. The Labute approximate surface area is 119 Å². The first-order valence-electron chi connectivity index (χ1n) is 6.64. The monoisotopic (exact) mass is 272 g/mol. The Bertz CT molecular complexity index is 556. The first kappa shape index (κ1) is 14.4. The van der Waals surface area contributed by atoms with Crippen LogP contribution in [0.25, 0.3) is 0 Å². The molecule has 0 aliphatic rings. The lowest BCUT2D eigenvalue weighted by atomic mass is 9.85. The van der Waals surface area contributed by atoms with E-state index in [1.807, 2.05) is 48.5 Å². The van der Waals surface area contributed by atoms with Crippen LogP contribution < -0.4 is 9.62 Å². The van der Waals surface area contributed by atoms with Crippen LogP contribution in [0.2, 0.25) is 0 Å². The topological polar surface area (TPSA) is 38.7 Å². The molecule has 0 heterocycles. The van der Waals surface area contributed by atoms with Crippen LogP contribution in [-0.2, 0) is 12.0 Å². The zero-order valence-electron chi connectivity index (χ0n) is 12.1. The molecule has 0 aliphatic heterocycles. The third kappa shape index (κ3) is 3.31. The lowest BCUT2D eigenvalue weighted by molar-refractivity contribution is -0.140. The van der Waals surface area contributed by atoms with Crippen molar-refractivity contribution in [1.82, 2.24) is 0 Å². The van der Waals surface area contributed by atoms with E-state index < -0.39 is 0 Å². The Hall–Kier alpha value is -2.00. The summed E-state index contributed by atoms with van der Waals surface area (Å²) in [5.74, 6) is 1.27. The molecule has 0 aliphatic carbocycles. The maximum absolute atomic E-state index is 9.20. The molecule has 0 unspecified atom stereocenters.